The number of nitro groups is 1. The van der Waals surface area contributed by atoms with Crippen molar-refractivity contribution in [2.24, 2.45) is 5.92 Å². The van der Waals surface area contributed by atoms with Gasteiger partial charge in [-0.05, 0) is 23.6 Å². The van der Waals surface area contributed by atoms with Gasteiger partial charge in [0.1, 0.15) is 6.61 Å². The van der Waals surface area contributed by atoms with E-state index in [2.05, 4.69) is 0 Å². The highest BCUT2D eigenvalue weighted by Gasteiger charge is 2.07. The third kappa shape index (κ3) is 4.63. The first-order valence-corrected chi connectivity index (χ1v) is 5.38. The third-order valence-electron chi connectivity index (χ3n) is 2.12. The molecule has 0 unspecified atom stereocenters. The molecule has 0 fully saturated rings. The maximum atomic E-state index is 11.3. The van der Waals surface area contributed by atoms with Crippen LogP contribution in [0.5, 0.6) is 0 Å². The molecule has 0 aliphatic rings. The quantitative estimate of drug-likeness (QED) is 0.448. The topological polar surface area (TPSA) is 69.4 Å². The third-order valence-corrected chi connectivity index (χ3v) is 2.12. The van der Waals surface area contributed by atoms with Gasteiger partial charge in [0, 0.05) is 18.6 Å². The number of benzene rings is 1. The summed E-state index contributed by atoms with van der Waals surface area (Å²) >= 11 is 0. The number of non-ortho nitro benzene ring substituents is 1. The lowest BCUT2D eigenvalue weighted by Gasteiger charge is -2.06. The SMILES string of the molecule is CC(C)CC(=O)OCc1ccc([N+](=O)[O-])cc1. The van der Waals surface area contributed by atoms with Crippen molar-refractivity contribution in [3.8, 4) is 0 Å². The minimum Gasteiger partial charge on any atom is -0.461 e. The molecule has 0 bridgehead atoms. The lowest BCUT2D eigenvalue weighted by molar-refractivity contribution is -0.384. The van der Waals surface area contributed by atoms with E-state index in [4.69, 9.17) is 4.74 Å². The summed E-state index contributed by atoms with van der Waals surface area (Å²) in [6, 6.07) is 5.96. The number of rotatable bonds is 5. The monoisotopic (exact) mass is 237 g/mol. The van der Waals surface area contributed by atoms with Gasteiger partial charge in [-0.25, -0.2) is 0 Å². The van der Waals surface area contributed by atoms with Crippen molar-refractivity contribution < 1.29 is 14.5 Å². The van der Waals surface area contributed by atoms with E-state index in [9.17, 15) is 14.9 Å². The van der Waals surface area contributed by atoms with Gasteiger partial charge >= 0.3 is 5.97 Å². The molecule has 92 valence electrons. The zero-order valence-electron chi connectivity index (χ0n) is 9.88. The lowest BCUT2D eigenvalue weighted by atomic mass is 10.1. The van der Waals surface area contributed by atoms with Crippen LogP contribution in [0.15, 0.2) is 24.3 Å². The molecule has 5 nitrogen and oxygen atoms in total. The van der Waals surface area contributed by atoms with Crippen LogP contribution in [0.2, 0.25) is 0 Å². The Balaban J connectivity index is 2.47. The smallest absolute Gasteiger partial charge is 0.306 e. The van der Waals surface area contributed by atoms with Crippen molar-refractivity contribution in [1.82, 2.24) is 0 Å². The number of carbonyl (C=O) groups is 1. The van der Waals surface area contributed by atoms with Gasteiger partial charge in [0.15, 0.2) is 0 Å². The largest absolute Gasteiger partial charge is 0.461 e. The maximum Gasteiger partial charge on any atom is 0.306 e. The summed E-state index contributed by atoms with van der Waals surface area (Å²) in [6.45, 7) is 4.03. The van der Waals surface area contributed by atoms with Crippen molar-refractivity contribution >= 4 is 11.7 Å². The summed E-state index contributed by atoms with van der Waals surface area (Å²) in [7, 11) is 0. The summed E-state index contributed by atoms with van der Waals surface area (Å²) in [5.74, 6) is 0.0118. The maximum absolute atomic E-state index is 11.3. The van der Waals surface area contributed by atoms with Gasteiger partial charge in [0.05, 0.1) is 4.92 Å². The van der Waals surface area contributed by atoms with E-state index < -0.39 is 4.92 Å². The second kappa shape index (κ2) is 5.98. The summed E-state index contributed by atoms with van der Waals surface area (Å²) in [4.78, 5) is 21.2. The van der Waals surface area contributed by atoms with Crippen molar-refractivity contribution in [1.29, 1.82) is 0 Å². The van der Waals surface area contributed by atoms with E-state index in [0.717, 1.165) is 5.56 Å². The lowest BCUT2D eigenvalue weighted by Crippen LogP contribution is -2.07. The van der Waals surface area contributed by atoms with Crippen LogP contribution in [-0.4, -0.2) is 10.9 Å². The summed E-state index contributed by atoms with van der Waals surface area (Å²) in [5.41, 5.74) is 0.773. The second-order valence-corrected chi connectivity index (χ2v) is 4.18. The molecule has 1 aromatic carbocycles. The number of ether oxygens (including phenoxy) is 1. The zero-order chi connectivity index (χ0) is 12.8. The molecule has 0 N–H and O–H groups in total. The fraction of sp³-hybridized carbons (Fsp3) is 0.417. The molecular formula is C12H15NO4. The summed E-state index contributed by atoms with van der Waals surface area (Å²) < 4.78 is 5.03. The predicted molar refractivity (Wildman–Crippen MR) is 62.3 cm³/mol. The molecule has 17 heavy (non-hydrogen) atoms. The molecule has 0 heterocycles. The standard InChI is InChI=1S/C12H15NO4/c1-9(2)7-12(14)17-8-10-3-5-11(6-4-10)13(15)16/h3-6,9H,7-8H2,1-2H3. The average molecular weight is 237 g/mol. The molecule has 0 aromatic heterocycles. The number of hydrogen-bond donors (Lipinski definition) is 0. The van der Waals surface area contributed by atoms with Gasteiger partial charge in [-0.15, -0.1) is 0 Å². The molecule has 0 spiro atoms. The highest BCUT2D eigenvalue weighted by atomic mass is 16.6. The normalized spacial score (nSPS) is 10.3. The molecule has 0 radical (unpaired) electrons. The first kappa shape index (κ1) is 13.2. The van der Waals surface area contributed by atoms with Crippen molar-refractivity contribution in [2.75, 3.05) is 0 Å². The van der Waals surface area contributed by atoms with Gasteiger partial charge in [-0.1, -0.05) is 13.8 Å². The molecule has 0 aliphatic carbocycles. The fourth-order valence-electron chi connectivity index (χ4n) is 1.27. The average Bonchev–Trinajstić information content (AvgIpc) is 2.26. The van der Waals surface area contributed by atoms with Gasteiger partial charge in [-0.3, -0.25) is 14.9 Å². The number of esters is 1. The number of nitrogens with zero attached hydrogens (tertiary/aromatic N) is 1. The molecule has 0 saturated heterocycles. The molecule has 5 heteroatoms. The van der Waals surface area contributed by atoms with Crippen LogP contribution >= 0.6 is 0 Å². The van der Waals surface area contributed by atoms with E-state index in [0.29, 0.717) is 6.42 Å². The zero-order valence-corrected chi connectivity index (χ0v) is 9.88. The van der Waals surface area contributed by atoms with Crippen LogP contribution in [0.25, 0.3) is 0 Å². The Hall–Kier alpha value is -1.91. The molecule has 0 saturated carbocycles. The van der Waals surface area contributed by atoms with Gasteiger partial charge in [0.25, 0.3) is 5.69 Å². The van der Waals surface area contributed by atoms with Crippen LogP contribution in [-0.2, 0) is 16.1 Å². The van der Waals surface area contributed by atoms with E-state index in [1.165, 1.54) is 12.1 Å². The van der Waals surface area contributed by atoms with Gasteiger partial charge < -0.3 is 4.74 Å². The number of nitro benzene ring substituents is 1. The van der Waals surface area contributed by atoms with Crippen LogP contribution in [0.3, 0.4) is 0 Å². The molecular weight excluding hydrogens is 222 g/mol. The van der Waals surface area contributed by atoms with Crippen LogP contribution < -0.4 is 0 Å². The first-order chi connectivity index (χ1) is 7.99. The Morgan fingerprint density at radius 2 is 1.94 bits per heavy atom. The first-order valence-electron chi connectivity index (χ1n) is 5.38. The highest BCUT2D eigenvalue weighted by Crippen LogP contribution is 2.13. The Bertz CT molecular complexity index is 397. The van der Waals surface area contributed by atoms with Gasteiger partial charge in [-0.2, -0.15) is 0 Å². The van der Waals surface area contributed by atoms with Crippen LogP contribution in [0.1, 0.15) is 25.8 Å². The Labute approximate surface area is 99.5 Å². The molecule has 0 atom stereocenters. The Morgan fingerprint density at radius 3 is 2.41 bits per heavy atom. The molecule has 1 rings (SSSR count). The van der Waals surface area contributed by atoms with Crippen LogP contribution in [0.4, 0.5) is 5.69 Å². The van der Waals surface area contributed by atoms with E-state index in [1.54, 1.807) is 12.1 Å². The van der Waals surface area contributed by atoms with Gasteiger partial charge in [0.2, 0.25) is 0 Å². The van der Waals surface area contributed by atoms with Crippen molar-refractivity contribution in [3.63, 3.8) is 0 Å². The minimum atomic E-state index is -0.464. The summed E-state index contributed by atoms with van der Waals surface area (Å²) in [5, 5.41) is 10.4. The molecule has 0 amide bonds. The second-order valence-electron chi connectivity index (χ2n) is 4.18. The Kier molecular flexibility index (Phi) is 4.63. The van der Waals surface area contributed by atoms with Crippen molar-refractivity contribution in [2.45, 2.75) is 26.9 Å². The minimum absolute atomic E-state index is 0.0299. The number of hydrogen-bond acceptors (Lipinski definition) is 4. The van der Waals surface area contributed by atoms with E-state index in [1.807, 2.05) is 13.8 Å². The van der Waals surface area contributed by atoms with Crippen molar-refractivity contribution in [3.05, 3.63) is 39.9 Å². The molecule has 0 aliphatic heterocycles. The van der Waals surface area contributed by atoms with E-state index in [-0.39, 0.29) is 24.2 Å². The van der Waals surface area contributed by atoms with E-state index >= 15 is 0 Å². The summed E-state index contributed by atoms with van der Waals surface area (Å²) in [6.07, 6.45) is 0.382. The van der Waals surface area contributed by atoms with Crippen LogP contribution in [0, 0.1) is 16.0 Å². The molecule has 1 aromatic rings. The fourth-order valence-corrected chi connectivity index (χ4v) is 1.27. The number of carbonyl (C=O) groups excluding carboxylic acids is 1. The highest BCUT2D eigenvalue weighted by molar-refractivity contribution is 5.69. The predicted octanol–water partition coefficient (Wildman–Crippen LogP) is 2.68. The Morgan fingerprint density at radius 1 is 1.35 bits per heavy atom.